The summed E-state index contributed by atoms with van der Waals surface area (Å²) in [6.07, 6.45) is 3.27. The van der Waals surface area contributed by atoms with Crippen molar-refractivity contribution in [3.63, 3.8) is 0 Å². The van der Waals surface area contributed by atoms with Gasteiger partial charge < -0.3 is 4.74 Å². The van der Waals surface area contributed by atoms with Gasteiger partial charge in [-0.3, -0.25) is 4.79 Å². The van der Waals surface area contributed by atoms with E-state index in [1.807, 2.05) is 30.3 Å². The number of carbonyl (C=O) groups is 1. The summed E-state index contributed by atoms with van der Waals surface area (Å²) in [5.74, 6) is -0.367. The first-order chi connectivity index (χ1) is 15.6. The molecule has 0 saturated heterocycles. The number of halogens is 2. The molecule has 0 fully saturated rings. The number of nitrogens with zero attached hydrogens (tertiary/aromatic N) is 3. The molecule has 1 heterocycles. The van der Waals surface area contributed by atoms with Gasteiger partial charge in [-0.2, -0.15) is 10.2 Å². The highest BCUT2D eigenvalue weighted by Gasteiger charge is 2.12. The second-order valence-electron chi connectivity index (χ2n) is 6.73. The molecule has 4 aromatic rings. The standard InChI is InChI=1S/C24H18ClFN4O2/c25-21-8-4-5-9-22(21)32-16-23(31)28-27-14-18-15-30(20-6-2-1-3-7-20)29-24(18)17-10-12-19(26)13-11-17/h1-15H,16H2,(H,28,31)/b27-14-. The smallest absolute Gasteiger partial charge is 0.277 e. The van der Waals surface area contributed by atoms with Crippen LogP contribution in [0.1, 0.15) is 5.56 Å². The lowest BCUT2D eigenvalue weighted by atomic mass is 10.1. The third-order valence-electron chi connectivity index (χ3n) is 4.47. The van der Waals surface area contributed by atoms with Crippen molar-refractivity contribution in [2.24, 2.45) is 5.10 Å². The molecule has 3 aromatic carbocycles. The van der Waals surface area contributed by atoms with Crippen molar-refractivity contribution < 1.29 is 13.9 Å². The molecule has 1 amide bonds. The number of benzene rings is 3. The van der Waals surface area contributed by atoms with Crippen molar-refractivity contribution in [2.75, 3.05) is 6.61 Å². The fraction of sp³-hybridized carbons (Fsp3) is 0.0417. The lowest BCUT2D eigenvalue weighted by Crippen LogP contribution is -2.24. The molecule has 6 nitrogen and oxygen atoms in total. The van der Waals surface area contributed by atoms with E-state index in [2.05, 4.69) is 15.6 Å². The van der Waals surface area contributed by atoms with Crippen LogP contribution in [0.25, 0.3) is 16.9 Å². The van der Waals surface area contributed by atoms with Crippen LogP contribution in [0.15, 0.2) is 90.2 Å². The molecule has 0 aliphatic carbocycles. The van der Waals surface area contributed by atoms with E-state index >= 15 is 0 Å². The zero-order chi connectivity index (χ0) is 22.3. The van der Waals surface area contributed by atoms with Gasteiger partial charge in [0.15, 0.2) is 6.61 Å². The van der Waals surface area contributed by atoms with Gasteiger partial charge in [0.1, 0.15) is 17.3 Å². The Bertz CT molecular complexity index is 1240. The SMILES string of the molecule is O=C(COc1ccccc1Cl)N/N=C\c1cn(-c2ccccc2)nc1-c1ccc(F)cc1. The Kier molecular flexibility index (Phi) is 6.57. The van der Waals surface area contributed by atoms with Crippen LogP contribution in [0.5, 0.6) is 5.75 Å². The van der Waals surface area contributed by atoms with Gasteiger partial charge in [-0.1, -0.05) is 41.9 Å². The number of hydrogen-bond donors (Lipinski definition) is 1. The molecule has 1 N–H and O–H groups in total. The Morgan fingerprint density at radius 3 is 2.53 bits per heavy atom. The van der Waals surface area contributed by atoms with Gasteiger partial charge in [-0.25, -0.2) is 14.5 Å². The van der Waals surface area contributed by atoms with Gasteiger partial charge >= 0.3 is 0 Å². The van der Waals surface area contributed by atoms with Crippen molar-refractivity contribution in [3.05, 3.63) is 101 Å². The average Bonchev–Trinajstić information content (AvgIpc) is 3.24. The van der Waals surface area contributed by atoms with E-state index < -0.39 is 5.91 Å². The molecule has 0 spiro atoms. The normalized spacial score (nSPS) is 10.9. The molecule has 0 aliphatic heterocycles. The van der Waals surface area contributed by atoms with Gasteiger partial charge in [-0.15, -0.1) is 0 Å². The van der Waals surface area contributed by atoms with E-state index in [1.54, 1.807) is 47.3 Å². The van der Waals surface area contributed by atoms with E-state index in [9.17, 15) is 9.18 Å². The molecular formula is C24H18ClFN4O2. The van der Waals surface area contributed by atoms with Crippen LogP contribution in [0.4, 0.5) is 4.39 Å². The number of hydrazone groups is 1. The summed E-state index contributed by atoms with van der Waals surface area (Å²) in [6.45, 7) is -0.241. The quantitative estimate of drug-likeness (QED) is 0.324. The third kappa shape index (κ3) is 5.19. The summed E-state index contributed by atoms with van der Waals surface area (Å²) in [6, 6.07) is 22.4. The van der Waals surface area contributed by atoms with Gasteiger partial charge in [0.25, 0.3) is 5.91 Å². The second kappa shape index (κ2) is 9.89. The van der Waals surface area contributed by atoms with Crippen molar-refractivity contribution >= 4 is 23.7 Å². The van der Waals surface area contributed by atoms with E-state index in [1.165, 1.54) is 18.3 Å². The molecule has 0 atom stereocenters. The first kappa shape index (κ1) is 21.3. The maximum atomic E-state index is 13.4. The summed E-state index contributed by atoms with van der Waals surface area (Å²) < 4.78 is 20.5. The summed E-state index contributed by atoms with van der Waals surface area (Å²) in [5.41, 5.74) is 5.24. The topological polar surface area (TPSA) is 68.5 Å². The summed E-state index contributed by atoms with van der Waals surface area (Å²) in [5, 5.41) is 9.05. The summed E-state index contributed by atoms with van der Waals surface area (Å²) in [7, 11) is 0. The molecular weight excluding hydrogens is 431 g/mol. The average molecular weight is 449 g/mol. The fourth-order valence-electron chi connectivity index (χ4n) is 2.94. The molecule has 0 saturated carbocycles. The molecule has 8 heteroatoms. The Balaban J connectivity index is 1.50. The lowest BCUT2D eigenvalue weighted by molar-refractivity contribution is -0.123. The van der Waals surface area contributed by atoms with Gasteiger partial charge in [0.05, 0.1) is 16.9 Å². The van der Waals surface area contributed by atoms with Crippen LogP contribution < -0.4 is 10.2 Å². The van der Waals surface area contributed by atoms with E-state index in [0.29, 0.717) is 22.0 Å². The minimum absolute atomic E-state index is 0.241. The number of ether oxygens (including phenoxy) is 1. The van der Waals surface area contributed by atoms with E-state index in [-0.39, 0.29) is 12.4 Å². The minimum atomic E-state index is -0.444. The molecule has 1 aromatic heterocycles. The van der Waals surface area contributed by atoms with Crippen molar-refractivity contribution in [1.29, 1.82) is 0 Å². The molecule has 0 aliphatic rings. The van der Waals surface area contributed by atoms with Gasteiger partial charge in [0.2, 0.25) is 0 Å². The Labute approximate surface area is 188 Å². The van der Waals surface area contributed by atoms with Crippen LogP contribution >= 0.6 is 11.6 Å². The number of aromatic nitrogens is 2. The molecule has 160 valence electrons. The number of hydrogen-bond acceptors (Lipinski definition) is 4. The van der Waals surface area contributed by atoms with Crippen LogP contribution in [0.3, 0.4) is 0 Å². The second-order valence-corrected chi connectivity index (χ2v) is 7.14. The Morgan fingerprint density at radius 2 is 1.78 bits per heavy atom. The van der Waals surface area contributed by atoms with Crippen molar-refractivity contribution in [2.45, 2.75) is 0 Å². The monoisotopic (exact) mass is 448 g/mol. The van der Waals surface area contributed by atoms with Crippen LogP contribution in [-0.4, -0.2) is 28.5 Å². The van der Waals surface area contributed by atoms with Gasteiger partial charge in [0, 0.05) is 17.3 Å². The maximum Gasteiger partial charge on any atom is 0.277 e. The molecule has 0 radical (unpaired) electrons. The lowest BCUT2D eigenvalue weighted by Gasteiger charge is -2.06. The maximum absolute atomic E-state index is 13.4. The molecule has 32 heavy (non-hydrogen) atoms. The Morgan fingerprint density at radius 1 is 1.06 bits per heavy atom. The minimum Gasteiger partial charge on any atom is -0.482 e. The van der Waals surface area contributed by atoms with E-state index in [4.69, 9.17) is 16.3 Å². The van der Waals surface area contributed by atoms with Crippen molar-refractivity contribution in [3.8, 4) is 22.7 Å². The number of amides is 1. The zero-order valence-corrected chi connectivity index (χ0v) is 17.5. The van der Waals surface area contributed by atoms with Crippen LogP contribution in [0, 0.1) is 5.82 Å². The van der Waals surface area contributed by atoms with Gasteiger partial charge in [-0.05, 0) is 48.5 Å². The number of rotatable bonds is 7. The van der Waals surface area contributed by atoms with Crippen LogP contribution in [-0.2, 0) is 4.79 Å². The zero-order valence-electron chi connectivity index (χ0n) is 16.8. The predicted octanol–water partition coefficient (Wildman–Crippen LogP) is 4.86. The first-order valence-electron chi connectivity index (χ1n) is 9.70. The Hall–Kier alpha value is -3.97. The molecule has 4 rings (SSSR count). The van der Waals surface area contributed by atoms with Crippen LogP contribution in [0.2, 0.25) is 5.02 Å². The highest BCUT2D eigenvalue weighted by atomic mass is 35.5. The summed E-state index contributed by atoms with van der Waals surface area (Å²) >= 11 is 6.01. The largest absolute Gasteiger partial charge is 0.482 e. The highest BCUT2D eigenvalue weighted by Crippen LogP contribution is 2.24. The number of para-hydroxylation sites is 2. The number of carbonyl (C=O) groups excluding carboxylic acids is 1. The predicted molar refractivity (Wildman–Crippen MR) is 122 cm³/mol. The molecule has 0 bridgehead atoms. The fourth-order valence-corrected chi connectivity index (χ4v) is 3.13. The third-order valence-corrected chi connectivity index (χ3v) is 4.78. The van der Waals surface area contributed by atoms with E-state index in [0.717, 1.165) is 11.3 Å². The highest BCUT2D eigenvalue weighted by molar-refractivity contribution is 6.32. The summed E-state index contributed by atoms with van der Waals surface area (Å²) in [4.78, 5) is 12.1. The van der Waals surface area contributed by atoms with Crippen molar-refractivity contribution in [1.82, 2.24) is 15.2 Å². The molecule has 0 unspecified atom stereocenters. The number of nitrogens with one attached hydrogen (secondary N) is 1. The first-order valence-corrected chi connectivity index (χ1v) is 10.1.